The molecule has 0 unspecified atom stereocenters. The number of nitrogens with one attached hydrogen (secondary N) is 1. The minimum atomic E-state index is -3.86. The molecule has 0 saturated carbocycles. The molecule has 0 atom stereocenters. The van der Waals surface area contributed by atoms with Crippen LogP contribution >= 0.6 is 11.6 Å². The lowest BCUT2D eigenvalue weighted by atomic mass is 10.2. The molecule has 0 aliphatic carbocycles. The zero-order valence-electron chi connectivity index (χ0n) is 10.2. The van der Waals surface area contributed by atoms with Crippen LogP contribution in [0.25, 0.3) is 0 Å². The Labute approximate surface area is 121 Å². The lowest BCUT2D eigenvalue weighted by molar-refractivity contribution is 0.601. The molecule has 0 fully saturated rings. The average Bonchev–Trinajstić information content (AvgIpc) is 2.40. The monoisotopic (exact) mass is 307 g/mol. The van der Waals surface area contributed by atoms with Gasteiger partial charge < -0.3 is 5.73 Å². The highest BCUT2D eigenvalue weighted by Gasteiger charge is 2.18. The lowest BCUT2D eigenvalue weighted by Crippen LogP contribution is -2.15. The van der Waals surface area contributed by atoms with E-state index in [1.54, 1.807) is 24.3 Å². The maximum atomic E-state index is 12.2. The van der Waals surface area contributed by atoms with Crippen molar-refractivity contribution in [1.82, 2.24) is 0 Å². The van der Waals surface area contributed by atoms with Crippen molar-refractivity contribution >= 4 is 33.0 Å². The predicted octanol–water partition coefficient (Wildman–Crippen LogP) is 2.59. The van der Waals surface area contributed by atoms with E-state index < -0.39 is 10.0 Å². The second kappa shape index (κ2) is 5.41. The molecule has 0 aliphatic heterocycles. The Morgan fingerprint density at radius 2 is 1.90 bits per heavy atom. The Bertz CT molecular complexity index is 798. The van der Waals surface area contributed by atoms with E-state index in [0.29, 0.717) is 5.56 Å². The Morgan fingerprint density at radius 1 is 1.20 bits per heavy atom. The fourth-order valence-corrected chi connectivity index (χ4v) is 3.04. The summed E-state index contributed by atoms with van der Waals surface area (Å²) in [6.45, 7) is 0. The van der Waals surface area contributed by atoms with Crippen LogP contribution in [0.4, 0.5) is 11.4 Å². The van der Waals surface area contributed by atoms with Crippen molar-refractivity contribution < 1.29 is 8.42 Å². The molecule has 0 bridgehead atoms. The summed E-state index contributed by atoms with van der Waals surface area (Å²) in [5, 5.41) is 9.02. The highest BCUT2D eigenvalue weighted by molar-refractivity contribution is 7.92. The first kappa shape index (κ1) is 14.2. The molecular weight excluding hydrogens is 298 g/mol. The third-order valence-corrected chi connectivity index (χ3v) is 4.32. The maximum absolute atomic E-state index is 12.2. The van der Waals surface area contributed by atoms with Crippen molar-refractivity contribution in [2.75, 3.05) is 10.5 Å². The third kappa shape index (κ3) is 2.85. The van der Waals surface area contributed by atoms with Crippen LogP contribution in [-0.4, -0.2) is 8.42 Å². The van der Waals surface area contributed by atoms with Crippen LogP contribution < -0.4 is 10.5 Å². The van der Waals surface area contributed by atoms with Crippen molar-refractivity contribution in [2.24, 2.45) is 0 Å². The fraction of sp³-hybridized carbons (Fsp3) is 0. The van der Waals surface area contributed by atoms with Crippen molar-refractivity contribution in [2.45, 2.75) is 4.90 Å². The van der Waals surface area contributed by atoms with E-state index >= 15 is 0 Å². The van der Waals surface area contributed by atoms with Crippen molar-refractivity contribution in [1.29, 1.82) is 5.26 Å². The van der Waals surface area contributed by atoms with Crippen LogP contribution in [0.2, 0.25) is 5.02 Å². The minimum absolute atomic E-state index is 0.00334. The Balaban J connectivity index is 2.42. The summed E-state index contributed by atoms with van der Waals surface area (Å²) in [6.07, 6.45) is 0. The van der Waals surface area contributed by atoms with Gasteiger partial charge in [0.25, 0.3) is 10.0 Å². The van der Waals surface area contributed by atoms with Crippen molar-refractivity contribution in [3.8, 4) is 6.07 Å². The SMILES string of the molecule is N#Cc1ccc(S(=O)(=O)Nc2ccccc2Cl)c(N)c1. The second-order valence-corrected chi connectivity index (χ2v) is 6.01. The summed E-state index contributed by atoms with van der Waals surface area (Å²) in [5.74, 6) is 0. The molecule has 2 aromatic carbocycles. The molecule has 0 amide bonds. The molecule has 7 heteroatoms. The zero-order chi connectivity index (χ0) is 14.8. The molecule has 0 spiro atoms. The number of hydrogen-bond donors (Lipinski definition) is 2. The first-order valence-electron chi connectivity index (χ1n) is 5.51. The van der Waals surface area contributed by atoms with Gasteiger partial charge in [-0.25, -0.2) is 8.42 Å². The summed E-state index contributed by atoms with van der Waals surface area (Å²) in [4.78, 5) is -0.101. The summed E-state index contributed by atoms with van der Waals surface area (Å²) >= 11 is 5.90. The highest BCUT2D eigenvalue weighted by Crippen LogP contribution is 2.26. The van der Waals surface area contributed by atoms with E-state index in [2.05, 4.69) is 4.72 Å². The average molecular weight is 308 g/mol. The largest absolute Gasteiger partial charge is 0.398 e. The maximum Gasteiger partial charge on any atom is 0.263 e. The quantitative estimate of drug-likeness (QED) is 0.852. The minimum Gasteiger partial charge on any atom is -0.398 e. The van der Waals surface area contributed by atoms with Crippen LogP contribution in [0, 0.1) is 11.3 Å². The predicted molar refractivity (Wildman–Crippen MR) is 77.8 cm³/mol. The summed E-state index contributed by atoms with van der Waals surface area (Å²) in [6, 6.07) is 12.3. The molecule has 0 aliphatic rings. The Hall–Kier alpha value is -2.23. The smallest absolute Gasteiger partial charge is 0.263 e. The summed E-state index contributed by atoms with van der Waals surface area (Å²) in [7, 11) is -3.86. The molecule has 5 nitrogen and oxygen atoms in total. The molecule has 2 rings (SSSR count). The molecule has 20 heavy (non-hydrogen) atoms. The van der Waals surface area contributed by atoms with E-state index in [1.807, 2.05) is 6.07 Å². The van der Waals surface area contributed by atoms with Gasteiger partial charge in [0.05, 0.1) is 28.0 Å². The number of nitrogens with zero attached hydrogens (tertiary/aromatic N) is 1. The van der Waals surface area contributed by atoms with Crippen LogP contribution in [0.3, 0.4) is 0 Å². The van der Waals surface area contributed by atoms with E-state index in [1.165, 1.54) is 18.2 Å². The third-order valence-electron chi connectivity index (χ3n) is 2.55. The van der Waals surface area contributed by atoms with Crippen molar-refractivity contribution in [3.63, 3.8) is 0 Å². The molecule has 0 heterocycles. The standard InChI is InChI=1S/C13H10ClN3O2S/c14-10-3-1-2-4-12(10)17-20(18,19)13-6-5-9(8-15)7-11(13)16/h1-7,17H,16H2. The van der Waals surface area contributed by atoms with Gasteiger partial charge in [-0.2, -0.15) is 5.26 Å². The molecule has 102 valence electrons. The molecule has 0 radical (unpaired) electrons. The Morgan fingerprint density at radius 3 is 2.50 bits per heavy atom. The zero-order valence-corrected chi connectivity index (χ0v) is 11.7. The number of sulfonamides is 1. The summed E-state index contributed by atoms with van der Waals surface area (Å²) in [5.41, 5.74) is 6.23. The van der Waals surface area contributed by atoms with E-state index in [-0.39, 0.29) is 21.3 Å². The van der Waals surface area contributed by atoms with E-state index in [0.717, 1.165) is 0 Å². The van der Waals surface area contributed by atoms with Gasteiger partial charge in [-0.1, -0.05) is 23.7 Å². The van der Waals surface area contributed by atoms with Crippen molar-refractivity contribution in [3.05, 3.63) is 53.1 Å². The molecule has 2 aromatic rings. The van der Waals surface area contributed by atoms with Gasteiger partial charge in [-0.05, 0) is 30.3 Å². The second-order valence-electron chi connectivity index (χ2n) is 3.95. The number of anilines is 2. The molecule has 0 saturated heterocycles. The number of nitrogen functional groups attached to an aromatic ring is 1. The van der Waals surface area contributed by atoms with Crippen LogP contribution in [-0.2, 0) is 10.0 Å². The topological polar surface area (TPSA) is 96.0 Å². The number of para-hydroxylation sites is 1. The Kier molecular flexibility index (Phi) is 3.84. The van der Waals surface area contributed by atoms with Gasteiger partial charge in [-0.3, -0.25) is 4.72 Å². The van der Waals surface area contributed by atoms with E-state index in [9.17, 15) is 8.42 Å². The number of halogens is 1. The lowest BCUT2D eigenvalue weighted by Gasteiger charge is -2.11. The van der Waals surface area contributed by atoms with Crippen LogP contribution in [0.15, 0.2) is 47.4 Å². The molecular formula is C13H10ClN3O2S. The number of rotatable bonds is 3. The fourth-order valence-electron chi connectivity index (χ4n) is 1.61. The van der Waals surface area contributed by atoms with Gasteiger partial charge in [0.2, 0.25) is 0 Å². The number of benzene rings is 2. The number of hydrogen-bond acceptors (Lipinski definition) is 4. The van der Waals surface area contributed by atoms with Gasteiger partial charge >= 0.3 is 0 Å². The normalized spacial score (nSPS) is 10.8. The number of nitriles is 1. The molecule has 3 N–H and O–H groups in total. The first-order chi connectivity index (χ1) is 9.44. The van der Waals surface area contributed by atoms with Gasteiger partial charge in [0.1, 0.15) is 4.90 Å². The summed E-state index contributed by atoms with van der Waals surface area (Å²) < 4.78 is 26.8. The first-order valence-corrected chi connectivity index (χ1v) is 7.37. The highest BCUT2D eigenvalue weighted by atomic mass is 35.5. The van der Waals surface area contributed by atoms with Crippen LogP contribution in [0.5, 0.6) is 0 Å². The number of nitrogens with two attached hydrogens (primary N) is 1. The van der Waals surface area contributed by atoms with Gasteiger partial charge in [0, 0.05) is 0 Å². The van der Waals surface area contributed by atoms with Gasteiger partial charge in [-0.15, -0.1) is 0 Å². The van der Waals surface area contributed by atoms with Gasteiger partial charge in [0.15, 0.2) is 0 Å². The van der Waals surface area contributed by atoms with Crippen LogP contribution in [0.1, 0.15) is 5.56 Å². The molecule has 0 aromatic heterocycles. The van der Waals surface area contributed by atoms with E-state index in [4.69, 9.17) is 22.6 Å².